The Morgan fingerprint density at radius 1 is 1.27 bits per heavy atom. The summed E-state index contributed by atoms with van der Waals surface area (Å²) in [4.78, 5) is 11.5. The predicted molar refractivity (Wildman–Crippen MR) is 94.9 cm³/mol. The molecule has 0 unspecified atom stereocenters. The van der Waals surface area contributed by atoms with E-state index >= 15 is 0 Å². The summed E-state index contributed by atoms with van der Waals surface area (Å²) in [5, 5.41) is 11.7. The molecular weight excluding hydrogens is 358 g/mol. The number of benzene rings is 1. The van der Waals surface area contributed by atoms with E-state index in [1.807, 2.05) is 24.3 Å². The molecule has 0 saturated heterocycles. The summed E-state index contributed by atoms with van der Waals surface area (Å²) >= 11 is 10.4. The Morgan fingerprint density at radius 2 is 1.95 bits per heavy atom. The minimum absolute atomic E-state index is 0.0320. The molecule has 0 aliphatic carbocycles. The first-order valence-corrected chi connectivity index (χ1v) is 9.55. The molecule has 0 bridgehead atoms. The van der Waals surface area contributed by atoms with Crippen molar-refractivity contribution in [2.45, 2.75) is 14.4 Å². The predicted octanol–water partition coefficient (Wildman–Crippen LogP) is 3.88. The summed E-state index contributed by atoms with van der Waals surface area (Å²) in [5.41, 5.74) is 1.18. The summed E-state index contributed by atoms with van der Waals surface area (Å²) < 4.78 is 1.69. The summed E-state index contributed by atoms with van der Waals surface area (Å²) in [5.74, 6) is 1.12. The van der Waals surface area contributed by atoms with Crippen molar-refractivity contribution in [3.8, 4) is 0 Å². The number of nitrogens with zero attached hydrogens (tertiary/aromatic N) is 2. The average Bonchev–Trinajstić information content (AvgIpc) is 2.98. The zero-order valence-corrected chi connectivity index (χ0v) is 14.8. The fourth-order valence-electron chi connectivity index (χ4n) is 1.40. The van der Waals surface area contributed by atoms with Gasteiger partial charge in [0.2, 0.25) is 5.91 Å². The van der Waals surface area contributed by atoms with Crippen LogP contribution in [0.2, 0.25) is 5.02 Å². The summed E-state index contributed by atoms with van der Waals surface area (Å²) in [7, 11) is 0. The molecule has 1 N–H and O–H groups in total. The molecule has 0 spiro atoms. The number of hydrogen-bond donors (Lipinski definition) is 1. The molecule has 0 saturated carbocycles. The van der Waals surface area contributed by atoms with Crippen molar-refractivity contribution >= 4 is 52.4 Å². The van der Waals surface area contributed by atoms with E-state index in [2.05, 4.69) is 22.1 Å². The first-order valence-electron chi connectivity index (χ1n) is 6.38. The summed E-state index contributed by atoms with van der Waals surface area (Å²) in [6, 6.07) is 7.74. The lowest BCUT2D eigenvalue weighted by molar-refractivity contribution is -0.118. The Balaban J connectivity index is 1.77. The van der Waals surface area contributed by atoms with Crippen LogP contribution in [0.1, 0.15) is 5.56 Å². The average molecular weight is 372 g/mol. The molecule has 1 aromatic carbocycles. The molecule has 2 aromatic rings. The van der Waals surface area contributed by atoms with Crippen molar-refractivity contribution in [3.63, 3.8) is 0 Å². The Bertz CT molecular complexity index is 631. The molecule has 22 heavy (non-hydrogen) atoms. The van der Waals surface area contributed by atoms with Gasteiger partial charge in [0.1, 0.15) is 0 Å². The Labute approximate surface area is 146 Å². The monoisotopic (exact) mass is 371 g/mol. The fourth-order valence-corrected chi connectivity index (χ4v) is 4.34. The van der Waals surface area contributed by atoms with Crippen molar-refractivity contribution in [3.05, 3.63) is 47.5 Å². The van der Waals surface area contributed by atoms with Crippen LogP contribution in [0.3, 0.4) is 0 Å². The minimum Gasteiger partial charge on any atom is -0.352 e. The van der Waals surface area contributed by atoms with E-state index in [1.165, 1.54) is 28.7 Å². The number of nitrogens with one attached hydrogen (secondary N) is 1. The smallest absolute Gasteiger partial charge is 0.230 e. The van der Waals surface area contributed by atoms with E-state index in [1.54, 1.807) is 17.8 Å². The molecule has 116 valence electrons. The second kappa shape index (κ2) is 9.19. The molecule has 1 amide bonds. The standard InChI is InChI=1S/C14H14ClN3OS3/c1-2-7-16-12(19)9-21-14-18-17-13(22-14)20-8-10-3-5-11(15)6-4-10/h2-6H,1,7-9H2,(H,16,19). The molecule has 8 heteroatoms. The van der Waals surface area contributed by atoms with Gasteiger partial charge in [-0.05, 0) is 17.7 Å². The van der Waals surface area contributed by atoms with E-state index < -0.39 is 0 Å². The lowest BCUT2D eigenvalue weighted by atomic mass is 10.2. The van der Waals surface area contributed by atoms with Gasteiger partial charge >= 0.3 is 0 Å². The van der Waals surface area contributed by atoms with Crippen LogP contribution in [0.5, 0.6) is 0 Å². The highest BCUT2D eigenvalue weighted by atomic mass is 35.5. The third kappa shape index (κ3) is 6.00. The molecule has 0 aliphatic rings. The highest BCUT2D eigenvalue weighted by Crippen LogP contribution is 2.30. The van der Waals surface area contributed by atoms with E-state index in [9.17, 15) is 4.79 Å². The molecule has 0 aliphatic heterocycles. The highest BCUT2D eigenvalue weighted by Gasteiger charge is 2.08. The SMILES string of the molecule is C=CCNC(=O)CSc1nnc(SCc2ccc(Cl)cc2)s1. The number of carbonyl (C=O) groups excluding carboxylic acids is 1. The number of hydrogen-bond acceptors (Lipinski definition) is 6. The molecule has 1 heterocycles. The van der Waals surface area contributed by atoms with Gasteiger partial charge in [-0.1, -0.05) is 64.7 Å². The van der Waals surface area contributed by atoms with Crippen LogP contribution in [0.25, 0.3) is 0 Å². The maximum absolute atomic E-state index is 11.5. The molecule has 2 rings (SSSR count). The van der Waals surface area contributed by atoms with Gasteiger partial charge in [-0.2, -0.15) is 0 Å². The van der Waals surface area contributed by atoms with Gasteiger partial charge in [0, 0.05) is 17.3 Å². The van der Waals surface area contributed by atoms with Gasteiger partial charge in [0.05, 0.1) is 5.75 Å². The van der Waals surface area contributed by atoms with Crippen molar-refractivity contribution in [2.75, 3.05) is 12.3 Å². The largest absolute Gasteiger partial charge is 0.352 e. The quantitative estimate of drug-likeness (QED) is 0.563. The summed E-state index contributed by atoms with van der Waals surface area (Å²) in [6.45, 7) is 4.04. The number of amides is 1. The molecule has 0 radical (unpaired) electrons. The normalized spacial score (nSPS) is 10.4. The van der Waals surface area contributed by atoms with Gasteiger partial charge < -0.3 is 5.32 Å². The van der Waals surface area contributed by atoms with Crippen molar-refractivity contribution in [1.82, 2.24) is 15.5 Å². The second-order valence-corrected chi connectivity index (χ2v) is 7.99. The maximum Gasteiger partial charge on any atom is 0.230 e. The van der Waals surface area contributed by atoms with Crippen molar-refractivity contribution < 1.29 is 4.79 Å². The number of carbonyl (C=O) groups is 1. The molecule has 0 fully saturated rings. The van der Waals surface area contributed by atoms with Crippen LogP contribution >= 0.6 is 46.5 Å². The van der Waals surface area contributed by atoms with E-state index in [0.29, 0.717) is 12.3 Å². The number of aromatic nitrogens is 2. The fraction of sp³-hybridized carbons (Fsp3) is 0.214. The third-order valence-corrected chi connectivity index (χ3v) is 5.95. The van der Waals surface area contributed by atoms with Crippen LogP contribution in [0, 0.1) is 0 Å². The zero-order chi connectivity index (χ0) is 15.8. The van der Waals surface area contributed by atoms with E-state index in [0.717, 1.165) is 19.5 Å². The van der Waals surface area contributed by atoms with Crippen molar-refractivity contribution in [2.24, 2.45) is 0 Å². The van der Waals surface area contributed by atoms with Gasteiger partial charge in [0.15, 0.2) is 8.68 Å². The van der Waals surface area contributed by atoms with Crippen molar-refractivity contribution in [1.29, 1.82) is 0 Å². The van der Waals surface area contributed by atoms with E-state index in [4.69, 9.17) is 11.6 Å². The number of thioether (sulfide) groups is 2. The van der Waals surface area contributed by atoms with Crippen LogP contribution in [0.15, 0.2) is 45.6 Å². The Morgan fingerprint density at radius 3 is 2.64 bits per heavy atom. The first kappa shape index (κ1) is 17.3. The number of rotatable bonds is 8. The first-order chi connectivity index (χ1) is 10.7. The Hall–Kier alpha value is -1.02. The van der Waals surface area contributed by atoms with Gasteiger partial charge in [-0.25, -0.2) is 0 Å². The molecule has 4 nitrogen and oxygen atoms in total. The minimum atomic E-state index is -0.0320. The molecular formula is C14H14ClN3OS3. The maximum atomic E-state index is 11.5. The second-order valence-electron chi connectivity index (χ2n) is 4.13. The lowest BCUT2D eigenvalue weighted by Crippen LogP contribution is -2.24. The Kier molecular flexibility index (Phi) is 7.24. The highest BCUT2D eigenvalue weighted by molar-refractivity contribution is 8.03. The topological polar surface area (TPSA) is 54.9 Å². The van der Waals surface area contributed by atoms with Gasteiger partial charge in [0.25, 0.3) is 0 Å². The van der Waals surface area contributed by atoms with Gasteiger partial charge in [-0.15, -0.1) is 16.8 Å². The molecule has 1 aromatic heterocycles. The lowest BCUT2D eigenvalue weighted by Gasteiger charge is -1.99. The van der Waals surface area contributed by atoms with Crippen LogP contribution < -0.4 is 5.32 Å². The zero-order valence-electron chi connectivity index (χ0n) is 11.6. The molecule has 0 atom stereocenters. The summed E-state index contributed by atoms with van der Waals surface area (Å²) in [6.07, 6.45) is 1.65. The van der Waals surface area contributed by atoms with E-state index in [-0.39, 0.29) is 5.91 Å². The number of halogens is 1. The van der Waals surface area contributed by atoms with Crippen LogP contribution in [-0.4, -0.2) is 28.4 Å². The third-order valence-electron chi connectivity index (χ3n) is 2.43. The van der Waals surface area contributed by atoms with Crippen LogP contribution in [-0.2, 0) is 10.5 Å². The van der Waals surface area contributed by atoms with Crippen LogP contribution in [0.4, 0.5) is 0 Å². The van der Waals surface area contributed by atoms with Gasteiger partial charge in [-0.3, -0.25) is 4.79 Å².